The molecule has 3 aromatic carbocycles. The van der Waals surface area contributed by atoms with Crippen molar-refractivity contribution < 1.29 is 14.3 Å². The minimum atomic E-state index is -0.221. The summed E-state index contributed by atoms with van der Waals surface area (Å²) in [6, 6.07) is 20.6. The summed E-state index contributed by atoms with van der Waals surface area (Å²) in [4.78, 5) is 17.5. The van der Waals surface area contributed by atoms with Crippen LogP contribution >= 0.6 is 23.2 Å². The molecule has 0 aromatic heterocycles. The number of hydrogen-bond donors (Lipinski definition) is 1. The van der Waals surface area contributed by atoms with Crippen LogP contribution in [-0.4, -0.2) is 49.1 Å². The van der Waals surface area contributed by atoms with Crippen LogP contribution in [0.1, 0.15) is 24.0 Å². The van der Waals surface area contributed by atoms with Crippen molar-refractivity contribution in [2.24, 2.45) is 0 Å². The van der Waals surface area contributed by atoms with Crippen LogP contribution in [0.25, 0.3) is 0 Å². The first-order valence-corrected chi connectivity index (χ1v) is 12.8. The molecule has 1 fully saturated rings. The standard InChI is InChI=1S/C28H31Cl2N3O3/c1-35-26-12-9-22(17-27(26)36-20-21-7-3-2-4-8-21)19-33(16-15-32-13-5-6-14-32)28(34)31-25-11-10-23(29)18-24(25)30/h2-4,7-12,17-18H,5-6,13-16,19-20H2,1H3,(H,31,34). The number of nitrogens with one attached hydrogen (secondary N) is 1. The molecule has 0 unspecified atom stereocenters. The van der Waals surface area contributed by atoms with Gasteiger partial charge in [0.1, 0.15) is 6.61 Å². The number of likely N-dealkylation sites (tertiary alicyclic amines) is 1. The number of methoxy groups -OCH3 is 1. The maximum atomic E-state index is 13.3. The third kappa shape index (κ3) is 7.29. The van der Waals surface area contributed by atoms with Crippen LogP contribution in [0.5, 0.6) is 11.5 Å². The van der Waals surface area contributed by atoms with Crippen LogP contribution in [0.15, 0.2) is 66.7 Å². The Balaban J connectivity index is 1.49. The highest BCUT2D eigenvalue weighted by molar-refractivity contribution is 6.36. The fourth-order valence-electron chi connectivity index (χ4n) is 4.19. The van der Waals surface area contributed by atoms with Crippen molar-refractivity contribution >= 4 is 34.9 Å². The lowest BCUT2D eigenvalue weighted by Crippen LogP contribution is -2.40. The number of carbonyl (C=O) groups is 1. The summed E-state index contributed by atoms with van der Waals surface area (Å²) < 4.78 is 11.6. The first kappa shape index (κ1) is 26.1. The summed E-state index contributed by atoms with van der Waals surface area (Å²) in [6.07, 6.45) is 2.40. The molecule has 190 valence electrons. The molecule has 8 heteroatoms. The minimum Gasteiger partial charge on any atom is -0.493 e. The second-order valence-electron chi connectivity index (χ2n) is 8.78. The molecule has 6 nitrogen and oxygen atoms in total. The molecule has 1 aliphatic heterocycles. The van der Waals surface area contributed by atoms with Crippen molar-refractivity contribution in [1.82, 2.24) is 9.80 Å². The number of nitrogens with zero attached hydrogens (tertiary/aromatic N) is 2. The lowest BCUT2D eigenvalue weighted by atomic mass is 10.2. The van der Waals surface area contributed by atoms with Crippen molar-refractivity contribution in [3.05, 3.63) is 87.9 Å². The highest BCUT2D eigenvalue weighted by Crippen LogP contribution is 2.30. The second kappa shape index (κ2) is 12.9. The zero-order valence-corrected chi connectivity index (χ0v) is 21.9. The number of urea groups is 1. The van der Waals surface area contributed by atoms with Crippen LogP contribution in [0, 0.1) is 0 Å². The summed E-state index contributed by atoms with van der Waals surface area (Å²) in [7, 11) is 1.62. The van der Waals surface area contributed by atoms with E-state index in [9.17, 15) is 4.79 Å². The molecule has 0 bridgehead atoms. The molecule has 3 aromatic rings. The van der Waals surface area contributed by atoms with Crippen LogP contribution in [-0.2, 0) is 13.2 Å². The van der Waals surface area contributed by atoms with Crippen molar-refractivity contribution in [2.45, 2.75) is 26.0 Å². The largest absolute Gasteiger partial charge is 0.493 e. The molecular weight excluding hydrogens is 497 g/mol. The molecule has 1 heterocycles. The lowest BCUT2D eigenvalue weighted by molar-refractivity contribution is 0.197. The molecule has 36 heavy (non-hydrogen) atoms. The van der Waals surface area contributed by atoms with Gasteiger partial charge in [-0.15, -0.1) is 0 Å². The van der Waals surface area contributed by atoms with E-state index in [2.05, 4.69) is 10.2 Å². The second-order valence-corrected chi connectivity index (χ2v) is 9.63. The molecule has 0 radical (unpaired) electrons. The molecule has 1 saturated heterocycles. The van der Waals surface area contributed by atoms with Gasteiger partial charge in [-0.3, -0.25) is 0 Å². The Hall–Kier alpha value is -2.93. The van der Waals surface area contributed by atoms with Crippen LogP contribution < -0.4 is 14.8 Å². The maximum Gasteiger partial charge on any atom is 0.322 e. The number of hydrogen-bond acceptors (Lipinski definition) is 4. The quantitative estimate of drug-likeness (QED) is 0.318. The van der Waals surface area contributed by atoms with Gasteiger partial charge in [-0.05, 0) is 67.4 Å². The number of carbonyl (C=O) groups excluding carboxylic acids is 1. The third-order valence-electron chi connectivity index (χ3n) is 6.18. The molecule has 4 rings (SSSR count). The van der Waals surface area contributed by atoms with Gasteiger partial charge in [-0.25, -0.2) is 4.79 Å². The SMILES string of the molecule is COc1ccc(CN(CCN2CCCC2)C(=O)Nc2ccc(Cl)cc2Cl)cc1OCc1ccccc1. The summed E-state index contributed by atoms with van der Waals surface area (Å²) in [5.41, 5.74) is 2.54. The van der Waals surface area contributed by atoms with E-state index in [1.165, 1.54) is 12.8 Å². The van der Waals surface area contributed by atoms with E-state index >= 15 is 0 Å². The average Bonchev–Trinajstić information content (AvgIpc) is 3.41. The lowest BCUT2D eigenvalue weighted by Gasteiger charge is -2.26. The summed E-state index contributed by atoms with van der Waals surface area (Å²) in [5.74, 6) is 1.29. The number of rotatable bonds is 10. The van der Waals surface area contributed by atoms with E-state index in [0.717, 1.165) is 30.8 Å². The average molecular weight is 528 g/mol. The topological polar surface area (TPSA) is 54.0 Å². The van der Waals surface area contributed by atoms with Crippen LogP contribution in [0.4, 0.5) is 10.5 Å². The van der Waals surface area contributed by atoms with E-state index in [-0.39, 0.29) is 6.03 Å². The molecule has 0 saturated carbocycles. The number of anilines is 1. The first-order chi connectivity index (χ1) is 17.5. The third-order valence-corrected chi connectivity index (χ3v) is 6.73. The number of ether oxygens (including phenoxy) is 2. The number of benzene rings is 3. The zero-order chi connectivity index (χ0) is 25.3. The van der Waals surface area contributed by atoms with Crippen molar-refractivity contribution in [2.75, 3.05) is 38.6 Å². The van der Waals surface area contributed by atoms with Gasteiger partial charge in [-0.1, -0.05) is 59.6 Å². The fourth-order valence-corrected chi connectivity index (χ4v) is 4.65. The molecule has 0 atom stereocenters. The minimum absolute atomic E-state index is 0.221. The van der Waals surface area contributed by atoms with Gasteiger partial charge in [0, 0.05) is 24.7 Å². The number of amides is 2. The van der Waals surface area contributed by atoms with E-state index in [4.69, 9.17) is 32.7 Å². The molecule has 0 spiro atoms. The molecule has 1 N–H and O–H groups in total. The predicted molar refractivity (Wildman–Crippen MR) is 145 cm³/mol. The van der Waals surface area contributed by atoms with Crippen molar-refractivity contribution in [1.29, 1.82) is 0 Å². The van der Waals surface area contributed by atoms with Gasteiger partial charge in [0.05, 0.1) is 17.8 Å². The van der Waals surface area contributed by atoms with Crippen molar-refractivity contribution in [3.8, 4) is 11.5 Å². The Kier molecular flexibility index (Phi) is 9.34. The molecule has 0 aliphatic carbocycles. The summed E-state index contributed by atoms with van der Waals surface area (Å²) >= 11 is 12.3. The van der Waals surface area contributed by atoms with Gasteiger partial charge in [0.25, 0.3) is 0 Å². The van der Waals surface area contributed by atoms with Gasteiger partial charge >= 0.3 is 6.03 Å². The first-order valence-electron chi connectivity index (χ1n) is 12.1. The van der Waals surface area contributed by atoms with Gasteiger partial charge in [0.2, 0.25) is 0 Å². The summed E-state index contributed by atoms with van der Waals surface area (Å²) in [5, 5.41) is 3.86. The predicted octanol–water partition coefficient (Wildman–Crippen LogP) is 6.71. The maximum absolute atomic E-state index is 13.3. The van der Waals surface area contributed by atoms with Crippen molar-refractivity contribution in [3.63, 3.8) is 0 Å². The van der Waals surface area contributed by atoms with E-state index in [1.54, 1.807) is 30.2 Å². The fraction of sp³-hybridized carbons (Fsp3) is 0.321. The van der Waals surface area contributed by atoms with E-state index in [1.807, 2.05) is 48.5 Å². The highest BCUT2D eigenvalue weighted by Gasteiger charge is 2.19. The molecule has 2 amide bonds. The summed E-state index contributed by atoms with van der Waals surface area (Å²) in [6.45, 7) is 4.38. The number of halogens is 2. The van der Waals surface area contributed by atoms with Crippen LogP contribution in [0.3, 0.4) is 0 Å². The van der Waals surface area contributed by atoms with Gasteiger partial charge in [0.15, 0.2) is 11.5 Å². The Morgan fingerprint density at radius 1 is 0.972 bits per heavy atom. The smallest absolute Gasteiger partial charge is 0.322 e. The van der Waals surface area contributed by atoms with E-state index in [0.29, 0.717) is 46.9 Å². The Bertz CT molecular complexity index is 1150. The Morgan fingerprint density at radius 3 is 2.47 bits per heavy atom. The highest BCUT2D eigenvalue weighted by atomic mass is 35.5. The van der Waals surface area contributed by atoms with Gasteiger partial charge < -0.3 is 24.6 Å². The van der Waals surface area contributed by atoms with Crippen LogP contribution in [0.2, 0.25) is 10.0 Å². The monoisotopic (exact) mass is 527 g/mol. The Morgan fingerprint density at radius 2 is 1.75 bits per heavy atom. The van der Waals surface area contributed by atoms with Gasteiger partial charge in [-0.2, -0.15) is 0 Å². The molecule has 1 aliphatic rings. The molecular formula is C28H31Cl2N3O3. The zero-order valence-electron chi connectivity index (χ0n) is 20.4. The van der Waals surface area contributed by atoms with E-state index < -0.39 is 0 Å². The Labute approximate surface area is 222 Å². The normalized spacial score (nSPS) is 13.4.